The highest BCUT2D eigenvalue weighted by molar-refractivity contribution is 5.41. The van der Waals surface area contributed by atoms with Crippen LogP contribution in [0, 0.1) is 0 Å². The Labute approximate surface area is 279 Å². The summed E-state index contributed by atoms with van der Waals surface area (Å²) in [6, 6.07) is 7.25. The van der Waals surface area contributed by atoms with Crippen molar-refractivity contribution in [2.24, 2.45) is 0 Å². The Balaban J connectivity index is 1.62. The summed E-state index contributed by atoms with van der Waals surface area (Å²) in [7, 11) is 0. The van der Waals surface area contributed by atoms with E-state index in [4.69, 9.17) is 67.3 Å². The van der Waals surface area contributed by atoms with E-state index in [1.54, 1.807) is 12.1 Å². The van der Waals surface area contributed by atoms with Crippen LogP contribution in [0.15, 0.2) is 24.3 Å². The molecule has 0 bridgehead atoms. The first-order valence-corrected chi connectivity index (χ1v) is 16.3. The van der Waals surface area contributed by atoms with Gasteiger partial charge in [-0.15, -0.1) is 0 Å². The first kappa shape index (κ1) is 43.3. The Morgan fingerprint density at radius 3 is 0.766 bits per heavy atom. The van der Waals surface area contributed by atoms with Crippen molar-refractivity contribution in [3.05, 3.63) is 24.3 Å². The summed E-state index contributed by atoms with van der Waals surface area (Å²) >= 11 is 0. The van der Waals surface area contributed by atoms with Gasteiger partial charge in [-0.3, -0.25) is 0 Å². The molecule has 0 heterocycles. The molecule has 1 rings (SSSR count). The molecule has 1 aromatic carbocycles. The van der Waals surface area contributed by atoms with Gasteiger partial charge in [0.2, 0.25) is 0 Å². The van der Waals surface area contributed by atoms with Crippen LogP contribution in [0.3, 0.4) is 0 Å². The van der Waals surface area contributed by atoms with Crippen molar-refractivity contribution in [2.75, 3.05) is 178 Å². The highest BCUT2D eigenvalue weighted by atomic mass is 19.1. The fourth-order valence-corrected chi connectivity index (χ4v) is 3.36. The van der Waals surface area contributed by atoms with Crippen molar-refractivity contribution in [1.82, 2.24) is 0 Å². The summed E-state index contributed by atoms with van der Waals surface area (Å²) in [6.07, 6.45) is 0. The summed E-state index contributed by atoms with van der Waals surface area (Å²) in [4.78, 5) is 0. The Morgan fingerprint density at radius 2 is 0.532 bits per heavy atom. The van der Waals surface area contributed by atoms with Crippen LogP contribution in [0.5, 0.6) is 5.75 Å². The average Bonchev–Trinajstić information content (AvgIpc) is 3.08. The van der Waals surface area contributed by atoms with Crippen molar-refractivity contribution in [3.63, 3.8) is 0 Å². The fraction of sp³-hybridized carbons (Fsp3) is 0.812. The van der Waals surface area contributed by atoms with E-state index in [-0.39, 0.29) is 6.61 Å². The molecular formula is C32H58FNO13. The highest BCUT2D eigenvalue weighted by Crippen LogP contribution is 2.12. The maximum Gasteiger partial charge on any atom is 0.119 e. The minimum absolute atomic E-state index is 0.111. The number of anilines is 1. The second kappa shape index (κ2) is 37.1. The first-order chi connectivity index (χ1) is 23.3. The molecule has 0 aliphatic rings. The molecule has 1 aromatic rings. The van der Waals surface area contributed by atoms with Crippen molar-refractivity contribution >= 4 is 5.69 Å². The van der Waals surface area contributed by atoms with E-state index in [1.165, 1.54) is 0 Å². The van der Waals surface area contributed by atoms with Gasteiger partial charge in [-0.05, 0) is 24.3 Å². The Bertz CT molecular complexity index is 739. The number of hydrogen-bond acceptors (Lipinski definition) is 14. The Hall–Kier alpha value is -1.73. The van der Waals surface area contributed by atoms with Crippen LogP contribution in [0.1, 0.15) is 0 Å². The topological polar surface area (TPSA) is 146 Å². The van der Waals surface area contributed by atoms with Crippen molar-refractivity contribution < 1.29 is 66.0 Å². The number of alkyl halides is 1. The van der Waals surface area contributed by atoms with Crippen LogP contribution >= 0.6 is 0 Å². The number of hydrogen-bond donors (Lipinski definition) is 1. The molecule has 0 fully saturated rings. The lowest BCUT2D eigenvalue weighted by Crippen LogP contribution is -2.15. The molecule has 0 aliphatic heterocycles. The SMILES string of the molecule is Nc1ccc(OCCOCCOCCOCCOCCOCCOCCOCCOCCOCCOCCOCCOCCF)cc1. The van der Waals surface area contributed by atoms with Gasteiger partial charge in [0.1, 0.15) is 19.0 Å². The summed E-state index contributed by atoms with van der Waals surface area (Å²) in [6.45, 7) is 11.3. The van der Waals surface area contributed by atoms with Gasteiger partial charge in [0.25, 0.3) is 0 Å². The molecule has 0 aliphatic carbocycles. The minimum atomic E-state index is -0.477. The highest BCUT2D eigenvalue weighted by Gasteiger charge is 1.97. The van der Waals surface area contributed by atoms with E-state index >= 15 is 0 Å². The van der Waals surface area contributed by atoms with Crippen molar-refractivity contribution in [2.45, 2.75) is 0 Å². The molecule has 47 heavy (non-hydrogen) atoms. The molecule has 0 unspecified atom stereocenters. The predicted molar refractivity (Wildman–Crippen MR) is 172 cm³/mol. The van der Waals surface area contributed by atoms with Gasteiger partial charge in [0.15, 0.2) is 0 Å². The monoisotopic (exact) mass is 683 g/mol. The van der Waals surface area contributed by atoms with E-state index in [1.807, 2.05) is 12.1 Å². The van der Waals surface area contributed by atoms with Crippen LogP contribution in [0.2, 0.25) is 0 Å². The van der Waals surface area contributed by atoms with Crippen molar-refractivity contribution in [1.29, 1.82) is 0 Å². The third-order valence-corrected chi connectivity index (χ3v) is 5.69. The molecule has 15 heteroatoms. The van der Waals surface area contributed by atoms with Crippen LogP contribution in [0.4, 0.5) is 10.1 Å². The standard InChI is InChI=1S/C32H58FNO13/c33-5-6-35-7-8-36-9-10-37-11-12-38-13-14-39-15-16-40-17-18-41-19-20-42-21-22-43-23-24-44-25-26-45-27-28-46-29-30-47-32-3-1-31(34)2-4-32/h1-4H,5-30,34H2. The molecule has 2 N–H and O–H groups in total. The molecule has 14 nitrogen and oxygen atoms in total. The third-order valence-electron chi connectivity index (χ3n) is 5.69. The normalized spacial score (nSPS) is 11.4. The second-order valence-corrected chi connectivity index (χ2v) is 9.45. The number of ether oxygens (including phenoxy) is 13. The van der Waals surface area contributed by atoms with E-state index < -0.39 is 6.67 Å². The lowest BCUT2D eigenvalue weighted by Gasteiger charge is -2.09. The van der Waals surface area contributed by atoms with E-state index in [0.717, 1.165) is 5.75 Å². The smallest absolute Gasteiger partial charge is 0.119 e. The zero-order valence-electron chi connectivity index (χ0n) is 28.0. The van der Waals surface area contributed by atoms with Crippen LogP contribution in [0.25, 0.3) is 0 Å². The summed E-state index contributed by atoms with van der Waals surface area (Å²) < 4.78 is 82.2. The molecule has 0 spiro atoms. The molecule has 0 aromatic heterocycles. The van der Waals surface area contributed by atoms with Gasteiger partial charge in [-0.2, -0.15) is 0 Å². The number of nitrogens with two attached hydrogens (primary N) is 1. The van der Waals surface area contributed by atoms with Gasteiger partial charge in [0.05, 0.1) is 159 Å². The van der Waals surface area contributed by atoms with E-state index in [0.29, 0.717) is 164 Å². The molecule has 276 valence electrons. The lowest BCUT2D eigenvalue weighted by molar-refractivity contribution is -0.0286. The zero-order valence-corrected chi connectivity index (χ0v) is 28.0. The van der Waals surface area contributed by atoms with E-state index in [2.05, 4.69) is 0 Å². The first-order valence-electron chi connectivity index (χ1n) is 16.3. The Kier molecular flexibility index (Phi) is 34.2. The number of halogens is 1. The maximum atomic E-state index is 11.8. The van der Waals surface area contributed by atoms with Gasteiger partial charge in [-0.25, -0.2) is 4.39 Å². The largest absolute Gasteiger partial charge is 0.491 e. The predicted octanol–water partition coefficient (Wildman–Crippen LogP) is 1.82. The zero-order chi connectivity index (χ0) is 33.6. The van der Waals surface area contributed by atoms with Gasteiger partial charge in [-0.1, -0.05) is 0 Å². The van der Waals surface area contributed by atoms with Gasteiger partial charge in [0, 0.05) is 5.69 Å². The molecule has 0 atom stereocenters. The quantitative estimate of drug-likeness (QED) is 0.0795. The lowest BCUT2D eigenvalue weighted by atomic mass is 10.3. The molecule has 0 amide bonds. The van der Waals surface area contributed by atoms with E-state index in [9.17, 15) is 4.39 Å². The van der Waals surface area contributed by atoms with Gasteiger partial charge < -0.3 is 67.3 Å². The molecule has 0 radical (unpaired) electrons. The Morgan fingerprint density at radius 1 is 0.319 bits per heavy atom. The van der Waals surface area contributed by atoms with Crippen LogP contribution in [-0.2, 0) is 56.8 Å². The maximum absolute atomic E-state index is 11.8. The van der Waals surface area contributed by atoms with Crippen LogP contribution in [-0.4, -0.2) is 172 Å². The summed E-state index contributed by atoms with van der Waals surface area (Å²) in [5.41, 5.74) is 6.35. The fourth-order valence-electron chi connectivity index (χ4n) is 3.36. The summed E-state index contributed by atoms with van der Waals surface area (Å²) in [5.74, 6) is 0.768. The summed E-state index contributed by atoms with van der Waals surface area (Å²) in [5, 5.41) is 0. The van der Waals surface area contributed by atoms with Gasteiger partial charge >= 0.3 is 0 Å². The number of rotatable bonds is 39. The van der Waals surface area contributed by atoms with Crippen molar-refractivity contribution in [3.8, 4) is 5.75 Å². The number of nitrogen functional groups attached to an aromatic ring is 1. The second-order valence-electron chi connectivity index (χ2n) is 9.45. The molecular weight excluding hydrogens is 625 g/mol. The van der Waals surface area contributed by atoms with Crippen LogP contribution < -0.4 is 10.5 Å². The average molecular weight is 684 g/mol. The third kappa shape index (κ3) is 33.9. The molecule has 0 saturated carbocycles. The molecule has 0 saturated heterocycles. The minimum Gasteiger partial charge on any atom is -0.491 e. The number of benzene rings is 1.